The first-order valence-corrected chi connectivity index (χ1v) is 5.57. The number of anilines is 2. The van der Waals surface area contributed by atoms with Gasteiger partial charge in [0.25, 0.3) is 0 Å². The minimum Gasteiger partial charge on any atom is -0.398 e. The van der Waals surface area contributed by atoms with E-state index in [1.54, 1.807) is 6.92 Å². The van der Waals surface area contributed by atoms with Crippen molar-refractivity contribution >= 4 is 11.4 Å². The molecule has 0 amide bonds. The van der Waals surface area contributed by atoms with Gasteiger partial charge in [-0.1, -0.05) is 6.92 Å². The van der Waals surface area contributed by atoms with Crippen molar-refractivity contribution in [2.24, 2.45) is 0 Å². The molecule has 6 heteroatoms. The lowest BCUT2D eigenvalue weighted by Crippen LogP contribution is -2.38. The molecule has 0 aromatic heterocycles. The van der Waals surface area contributed by atoms with Crippen molar-refractivity contribution in [1.82, 2.24) is 0 Å². The normalized spacial score (nSPS) is 15.2. The zero-order chi connectivity index (χ0) is 14.0. The van der Waals surface area contributed by atoms with Crippen molar-refractivity contribution in [3.05, 3.63) is 23.8 Å². The van der Waals surface area contributed by atoms with Crippen LogP contribution in [-0.2, 0) is 6.18 Å². The molecule has 0 fully saturated rings. The fourth-order valence-electron chi connectivity index (χ4n) is 1.47. The molecule has 1 aromatic rings. The van der Waals surface area contributed by atoms with Crippen LogP contribution in [0.5, 0.6) is 0 Å². The van der Waals surface area contributed by atoms with Crippen LogP contribution in [0.4, 0.5) is 24.5 Å². The molecule has 102 valence electrons. The minimum absolute atomic E-state index is 0.171. The fraction of sp³-hybridized carbons (Fsp3) is 0.500. The van der Waals surface area contributed by atoms with Crippen LogP contribution in [0.2, 0.25) is 0 Å². The number of rotatable bonds is 4. The van der Waals surface area contributed by atoms with Crippen LogP contribution in [0.3, 0.4) is 0 Å². The molecule has 0 aliphatic heterocycles. The van der Waals surface area contributed by atoms with Crippen LogP contribution in [0.1, 0.15) is 25.8 Å². The minimum atomic E-state index is -4.48. The monoisotopic (exact) mass is 262 g/mol. The van der Waals surface area contributed by atoms with Crippen molar-refractivity contribution in [3.63, 3.8) is 0 Å². The zero-order valence-electron chi connectivity index (χ0n) is 10.3. The van der Waals surface area contributed by atoms with Gasteiger partial charge in [0, 0.05) is 11.4 Å². The summed E-state index contributed by atoms with van der Waals surface area (Å²) < 4.78 is 38.0. The van der Waals surface area contributed by atoms with E-state index in [0.29, 0.717) is 6.42 Å². The molecule has 0 heterocycles. The number of halogens is 3. The molecule has 0 aliphatic rings. The Labute approximate surface area is 104 Å². The first-order valence-electron chi connectivity index (χ1n) is 5.57. The SMILES string of the molecule is CCC(C)(CO)Nc1ccc(N)c(C(F)(F)F)c1. The number of aliphatic hydroxyl groups is 1. The van der Waals surface area contributed by atoms with Gasteiger partial charge in [-0.15, -0.1) is 0 Å². The average Bonchev–Trinajstić information content (AvgIpc) is 2.30. The second kappa shape index (κ2) is 5.06. The Kier molecular flexibility index (Phi) is 4.11. The van der Waals surface area contributed by atoms with E-state index in [9.17, 15) is 18.3 Å². The third-order valence-corrected chi connectivity index (χ3v) is 2.93. The molecule has 0 radical (unpaired) electrons. The van der Waals surface area contributed by atoms with Crippen LogP contribution in [0.25, 0.3) is 0 Å². The molecule has 1 atom stereocenters. The van der Waals surface area contributed by atoms with Crippen molar-refractivity contribution in [1.29, 1.82) is 0 Å². The number of nitrogens with two attached hydrogens (primary N) is 1. The Morgan fingerprint density at radius 3 is 2.39 bits per heavy atom. The maximum absolute atomic E-state index is 12.7. The highest BCUT2D eigenvalue weighted by molar-refractivity contribution is 5.59. The molecule has 4 N–H and O–H groups in total. The highest BCUT2D eigenvalue weighted by Gasteiger charge is 2.33. The van der Waals surface area contributed by atoms with Gasteiger partial charge in [-0.05, 0) is 31.5 Å². The first kappa shape index (κ1) is 14.6. The lowest BCUT2D eigenvalue weighted by molar-refractivity contribution is -0.136. The van der Waals surface area contributed by atoms with Gasteiger partial charge in [0.1, 0.15) is 0 Å². The molecule has 0 saturated carbocycles. The van der Waals surface area contributed by atoms with E-state index in [2.05, 4.69) is 5.32 Å². The Morgan fingerprint density at radius 1 is 1.33 bits per heavy atom. The Morgan fingerprint density at radius 2 is 1.94 bits per heavy atom. The molecule has 18 heavy (non-hydrogen) atoms. The highest BCUT2D eigenvalue weighted by Crippen LogP contribution is 2.35. The molecule has 1 rings (SSSR count). The van der Waals surface area contributed by atoms with E-state index in [1.807, 2.05) is 6.92 Å². The third kappa shape index (κ3) is 3.29. The lowest BCUT2D eigenvalue weighted by atomic mass is 9.99. The third-order valence-electron chi connectivity index (χ3n) is 2.93. The van der Waals surface area contributed by atoms with E-state index in [4.69, 9.17) is 5.73 Å². The second-order valence-electron chi connectivity index (χ2n) is 4.50. The summed E-state index contributed by atoms with van der Waals surface area (Å²) in [7, 11) is 0. The Bertz CT molecular complexity index is 414. The predicted molar refractivity (Wildman–Crippen MR) is 65.3 cm³/mol. The van der Waals surface area contributed by atoms with Crippen LogP contribution in [-0.4, -0.2) is 17.3 Å². The predicted octanol–water partition coefficient (Wildman–Crippen LogP) is 2.86. The van der Waals surface area contributed by atoms with Crippen molar-refractivity contribution in [2.45, 2.75) is 32.0 Å². The van der Waals surface area contributed by atoms with Gasteiger partial charge < -0.3 is 16.2 Å². The van der Waals surface area contributed by atoms with Crippen LogP contribution in [0.15, 0.2) is 18.2 Å². The maximum atomic E-state index is 12.7. The number of hydrogen-bond donors (Lipinski definition) is 3. The summed E-state index contributed by atoms with van der Waals surface area (Å²) in [4.78, 5) is 0. The number of benzene rings is 1. The van der Waals surface area contributed by atoms with Gasteiger partial charge >= 0.3 is 6.18 Å². The first-order chi connectivity index (χ1) is 8.22. The van der Waals surface area contributed by atoms with Gasteiger partial charge in [0.15, 0.2) is 0 Å². The van der Waals surface area contributed by atoms with Crippen LogP contribution < -0.4 is 11.1 Å². The number of nitrogens with one attached hydrogen (secondary N) is 1. The number of hydrogen-bond acceptors (Lipinski definition) is 3. The van der Waals surface area contributed by atoms with E-state index in [-0.39, 0.29) is 18.0 Å². The standard InChI is InChI=1S/C12H17F3N2O/c1-3-11(2,7-18)17-8-4-5-10(16)9(6-8)12(13,14)15/h4-6,17-18H,3,7,16H2,1-2H3. The molecule has 1 aromatic carbocycles. The van der Waals surface area contributed by atoms with E-state index >= 15 is 0 Å². The zero-order valence-corrected chi connectivity index (χ0v) is 10.3. The fourth-order valence-corrected chi connectivity index (χ4v) is 1.47. The highest BCUT2D eigenvalue weighted by atomic mass is 19.4. The summed E-state index contributed by atoms with van der Waals surface area (Å²) in [5.41, 5.74) is 3.76. The van der Waals surface area contributed by atoms with Crippen molar-refractivity contribution < 1.29 is 18.3 Å². The molecule has 0 bridgehead atoms. The summed E-state index contributed by atoms with van der Waals surface area (Å²) in [5.74, 6) is 0. The summed E-state index contributed by atoms with van der Waals surface area (Å²) in [6, 6.07) is 3.63. The van der Waals surface area contributed by atoms with Crippen molar-refractivity contribution in [2.75, 3.05) is 17.7 Å². The summed E-state index contributed by atoms with van der Waals surface area (Å²) in [6.45, 7) is 3.40. The van der Waals surface area contributed by atoms with Crippen LogP contribution in [0, 0.1) is 0 Å². The average molecular weight is 262 g/mol. The second-order valence-corrected chi connectivity index (χ2v) is 4.50. The van der Waals surface area contributed by atoms with Gasteiger partial charge in [-0.2, -0.15) is 13.2 Å². The smallest absolute Gasteiger partial charge is 0.398 e. The van der Waals surface area contributed by atoms with E-state index in [1.165, 1.54) is 12.1 Å². The molecule has 0 spiro atoms. The molecular weight excluding hydrogens is 245 g/mol. The Balaban J connectivity index is 3.06. The quantitative estimate of drug-likeness (QED) is 0.731. The van der Waals surface area contributed by atoms with Gasteiger partial charge in [0.05, 0.1) is 17.7 Å². The summed E-state index contributed by atoms with van der Waals surface area (Å²) >= 11 is 0. The molecule has 1 unspecified atom stereocenters. The number of alkyl halides is 3. The summed E-state index contributed by atoms with van der Waals surface area (Å²) in [5, 5.41) is 12.1. The van der Waals surface area contributed by atoms with Gasteiger partial charge in [-0.3, -0.25) is 0 Å². The molecule has 0 aliphatic carbocycles. The van der Waals surface area contributed by atoms with Crippen LogP contribution >= 0.6 is 0 Å². The topological polar surface area (TPSA) is 58.3 Å². The van der Waals surface area contributed by atoms with E-state index in [0.717, 1.165) is 6.07 Å². The number of aliphatic hydroxyl groups excluding tert-OH is 1. The number of nitrogen functional groups attached to an aromatic ring is 1. The van der Waals surface area contributed by atoms with E-state index < -0.39 is 17.3 Å². The molecule has 3 nitrogen and oxygen atoms in total. The molecular formula is C12H17F3N2O. The molecule has 0 saturated heterocycles. The van der Waals surface area contributed by atoms with Crippen molar-refractivity contribution in [3.8, 4) is 0 Å². The summed E-state index contributed by atoms with van der Waals surface area (Å²) in [6.07, 6.45) is -3.90. The lowest BCUT2D eigenvalue weighted by Gasteiger charge is -2.29. The maximum Gasteiger partial charge on any atom is 0.418 e. The Hall–Kier alpha value is -1.43. The van der Waals surface area contributed by atoms with Gasteiger partial charge in [-0.25, -0.2) is 0 Å². The largest absolute Gasteiger partial charge is 0.418 e. The van der Waals surface area contributed by atoms with Gasteiger partial charge in [0.2, 0.25) is 0 Å².